The molecule has 4 aliphatic rings. The van der Waals surface area contributed by atoms with Gasteiger partial charge in [-0.25, -0.2) is 0 Å². The lowest BCUT2D eigenvalue weighted by atomic mass is 9.43. The van der Waals surface area contributed by atoms with E-state index in [1.807, 2.05) is 12.1 Å². The first-order valence-corrected chi connectivity index (χ1v) is 9.81. The molecule has 4 bridgehead atoms. The van der Waals surface area contributed by atoms with Gasteiger partial charge in [0.1, 0.15) is 0 Å². The number of benzene rings is 1. The van der Waals surface area contributed by atoms with E-state index in [1.54, 1.807) is 14.2 Å². The zero-order valence-corrected chi connectivity index (χ0v) is 16.6. The molecular formula is C21H30ClNO2. The Kier molecular flexibility index (Phi) is 4.05. The van der Waals surface area contributed by atoms with Crippen LogP contribution in [0.5, 0.6) is 11.5 Å². The molecule has 25 heavy (non-hydrogen) atoms. The van der Waals surface area contributed by atoms with Gasteiger partial charge in [-0.3, -0.25) is 0 Å². The second-order valence-electron chi connectivity index (χ2n) is 9.56. The van der Waals surface area contributed by atoms with E-state index in [0.29, 0.717) is 21.6 Å². The van der Waals surface area contributed by atoms with E-state index in [4.69, 9.17) is 21.1 Å². The van der Waals surface area contributed by atoms with E-state index in [-0.39, 0.29) is 5.54 Å². The van der Waals surface area contributed by atoms with E-state index in [2.05, 4.69) is 19.2 Å². The van der Waals surface area contributed by atoms with Crippen LogP contribution in [0.15, 0.2) is 12.1 Å². The van der Waals surface area contributed by atoms with Crippen molar-refractivity contribution in [2.75, 3.05) is 14.2 Å². The molecule has 0 aliphatic heterocycles. The first kappa shape index (κ1) is 17.5. The quantitative estimate of drug-likeness (QED) is 0.780. The van der Waals surface area contributed by atoms with E-state index in [1.165, 1.54) is 38.5 Å². The highest BCUT2D eigenvalue weighted by molar-refractivity contribution is 6.30. The molecule has 3 nitrogen and oxygen atoms in total. The number of methoxy groups -OCH3 is 2. The Morgan fingerprint density at radius 2 is 1.72 bits per heavy atom. The van der Waals surface area contributed by atoms with Crippen molar-refractivity contribution in [3.05, 3.63) is 22.7 Å². The van der Waals surface area contributed by atoms with Crippen molar-refractivity contribution < 1.29 is 9.47 Å². The Labute approximate surface area is 156 Å². The normalized spacial score (nSPS) is 38.8. The van der Waals surface area contributed by atoms with E-state index in [9.17, 15) is 0 Å². The lowest BCUT2D eigenvalue weighted by Crippen LogP contribution is -2.63. The van der Waals surface area contributed by atoms with E-state index >= 15 is 0 Å². The van der Waals surface area contributed by atoms with Crippen molar-refractivity contribution in [3.63, 3.8) is 0 Å². The Balaban J connectivity index is 1.59. The number of rotatable bonds is 5. The van der Waals surface area contributed by atoms with Gasteiger partial charge >= 0.3 is 0 Å². The van der Waals surface area contributed by atoms with Crippen LogP contribution in [0.3, 0.4) is 0 Å². The lowest BCUT2D eigenvalue weighted by Gasteiger charge is -2.65. The summed E-state index contributed by atoms with van der Waals surface area (Å²) in [7, 11) is 3.36. The summed E-state index contributed by atoms with van der Waals surface area (Å²) in [6.07, 6.45) is 8.14. The topological polar surface area (TPSA) is 30.5 Å². The Morgan fingerprint density at radius 1 is 1.04 bits per heavy atom. The summed E-state index contributed by atoms with van der Waals surface area (Å²) in [5.41, 5.74) is 2.37. The molecule has 4 aliphatic carbocycles. The average Bonchev–Trinajstić information content (AvgIpc) is 2.48. The van der Waals surface area contributed by atoms with Gasteiger partial charge in [-0.1, -0.05) is 25.4 Å². The van der Waals surface area contributed by atoms with Gasteiger partial charge in [0, 0.05) is 28.7 Å². The van der Waals surface area contributed by atoms with Gasteiger partial charge in [0.25, 0.3) is 0 Å². The summed E-state index contributed by atoms with van der Waals surface area (Å²) >= 11 is 6.29. The molecule has 2 unspecified atom stereocenters. The summed E-state index contributed by atoms with van der Waals surface area (Å²) in [4.78, 5) is 0. The van der Waals surface area contributed by atoms with Crippen LogP contribution in [-0.4, -0.2) is 19.8 Å². The van der Waals surface area contributed by atoms with Gasteiger partial charge < -0.3 is 14.8 Å². The molecule has 4 fully saturated rings. The van der Waals surface area contributed by atoms with Crippen LogP contribution in [0, 0.1) is 16.7 Å². The second-order valence-corrected chi connectivity index (χ2v) is 10.0. The SMILES string of the molecule is COc1cc(Cl)cc(CNC23CC4CC(C)(CC(C)(C4)C2)C3)c1OC. The number of hydrogen-bond donors (Lipinski definition) is 1. The number of halogens is 1. The fourth-order valence-electron chi connectivity index (χ4n) is 7.06. The fourth-order valence-corrected chi connectivity index (χ4v) is 7.30. The standard InChI is InChI=1S/C21H30ClNO2/c1-19-7-14-8-20(2,11-19)13-21(9-14,12-19)23-10-15-5-16(22)6-17(24-3)18(15)25-4/h5-6,14,23H,7-13H2,1-4H3. The highest BCUT2D eigenvalue weighted by Crippen LogP contribution is 2.66. The van der Waals surface area contributed by atoms with Crippen LogP contribution in [0.4, 0.5) is 0 Å². The Hall–Kier alpha value is -0.930. The van der Waals surface area contributed by atoms with Gasteiger partial charge in [-0.2, -0.15) is 0 Å². The molecule has 2 atom stereocenters. The molecule has 5 rings (SSSR count). The Morgan fingerprint density at radius 3 is 2.28 bits per heavy atom. The van der Waals surface area contributed by atoms with Crippen molar-refractivity contribution in [1.29, 1.82) is 0 Å². The predicted molar refractivity (Wildman–Crippen MR) is 102 cm³/mol. The van der Waals surface area contributed by atoms with Crippen molar-refractivity contribution >= 4 is 11.6 Å². The monoisotopic (exact) mass is 363 g/mol. The number of nitrogens with one attached hydrogen (secondary N) is 1. The summed E-state index contributed by atoms with van der Waals surface area (Å²) < 4.78 is 11.1. The largest absolute Gasteiger partial charge is 0.493 e. The molecule has 138 valence electrons. The van der Waals surface area contributed by atoms with Gasteiger partial charge in [0.15, 0.2) is 11.5 Å². The smallest absolute Gasteiger partial charge is 0.165 e. The van der Waals surface area contributed by atoms with Crippen molar-refractivity contribution in [1.82, 2.24) is 5.32 Å². The third-order valence-corrected chi connectivity index (χ3v) is 7.02. The molecule has 0 amide bonds. The maximum Gasteiger partial charge on any atom is 0.165 e. The first-order valence-electron chi connectivity index (χ1n) is 9.43. The molecule has 4 saturated carbocycles. The van der Waals surface area contributed by atoms with Crippen LogP contribution >= 0.6 is 11.6 Å². The van der Waals surface area contributed by atoms with Crippen LogP contribution < -0.4 is 14.8 Å². The molecule has 0 saturated heterocycles. The molecule has 4 heteroatoms. The van der Waals surface area contributed by atoms with Gasteiger partial charge in [-0.05, 0) is 61.3 Å². The van der Waals surface area contributed by atoms with Gasteiger partial charge in [0.05, 0.1) is 14.2 Å². The Bertz CT molecular complexity index is 671. The zero-order valence-electron chi connectivity index (χ0n) is 15.9. The summed E-state index contributed by atoms with van der Waals surface area (Å²) in [6, 6.07) is 3.82. The highest BCUT2D eigenvalue weighted by Gasteiger charge is 2.59. The van der Waals surface area contributed by atoms with Crippen LogP contribution in [0.25, 0.3) is 0 Å². The third-order valence-electron chi connectivity index (χ3n) is 6.80. The van der Waals surface area contributed by atoms with Crippen molar-refractivity contribution in [3.8, 4) is 11.5 Å². The maximum atomic E-state index is 6.29. The van der Waals surface area contributed by atoms with Crippen LogP contribution in [0.2, 0.25) is 5.02 Å². The zero-order chi connectivity index (χ0) is 17.9. The number of hydrogen-bond acceptors (Lipinski definition) is 3. The number of ether oxygens (including phenoxy) is 2. The summed E-state index contributed by atoms with van der Waals surface area (Å²) in [6.45, 7) is 5.79. The molecule has 0 heterocycles. The van der Waals surface area contributed by atoms with E-state index in [0.717, 1.165) is 23.8 Å². The first-order chi connectivity index (χ1) is 11.8. The molecule has 1 aromatic carbocycles. The van der Waals surface area contributed by atoms with Crippen LogP contribution in [0.1, 0.15) is 57.9 Å². The fraction of sp³-hybridized carbons (Fsp3) is 0.714. The second kappa shape index (κ2) is 5.79. The minimum absolute atomic E-state index is 0.267. The van der Waals surface area contributed by atoms with Crippen LogP contribution in [-0.2, 0) is 6.54 Å². The molecule has 0 aromatic heterocycles. The average molecular weight is 364 g/mol. The third kappa shape index (κ3) is 3.04. The van der Waals surface area contributed by atoms with Gasteiger partial charge in [-0.15, -0.1) is 0 Å². The van der Waals surface area contributed by atoms with E-state index < -0.39 is 0 Å². The van der Waals surface area contributed by atoms with Gasteiger partial charge in [0.2, 0.25) is 0 Å². The molecular weight excluding hydrogens is 334 g/mol. The molecule has 0 radical (unpaired) electrons. The lowest BCUT2D eigenvalue weighted by molar-refractivity contribution is -0.118. The maximum absolute atomic E-state index is 6.29. The predicted octanol–water partition coefficient (Wildman–Crippen LogP) is 5.20. The molecule has 1 N–H and O–H groups in total. The summed E-state index contributed by atoms with van der Waals surface area (Å²) in [5.74, 6) is 2.38. The molecule has 1 aromatic rings. The van der Waals surface area contributed by atoms with Crippen molar-refractivity contribution in [2.45, 2.75) is 64.5 Å². The van der Waals surface area contributed by atoms with Crippen molar-refractivity contribution in [2.24, 2.45) is 16.7 Å². The molecule has 0 spiro atoms. The minimum atomic E-state index is 0.267. The minimum Gasteiger partial charge on any atom is -0.493 e. The highest BCUT2D eigenvalue weighted by atomic mass is 35.5. The summed E-state index contributed by atoms with van der Waals surface area (Å²) in [5, 5.41) is 4.65.